The van der Waals surface area contributed by atoms with E-state index in [-0.39, 0.29) is 18.5 Å². The Labute approximate surface area is 238 Å². The number of carbonyl (C=O) groups is 2. The third-order valence-corrected chi connectivity index (χ3v) is 7.88. The van der Waals surface area contributed by atoms with Crippen molar-refractivity contribution in [3.05, 3.63) is 83.1 Å². The van der Waals surface area contributed by atoms with Crippen molar-refractivity contribution in [3.63, 3.8) is 0 Å². The second-order valence-corrected chi connectivity index (χ2v) is 10.4. The van der Waals surface area contributed by atoms with Crippen LogP contribution in [0.1, 0.15) is 34.7 Å². The molecular weight excluding hydrogens is 528 g/mol. The van der Waals surface area contributed by atoms with E-state index in [4.69, 9.17) is 16.7 Å². The van der Waals surface area contributed by atoms with Crippen LogP contribution in [0.2, 0.25) is 5.02 Å². The zero-order valence-corrected chi connectivity index (χ0v) is 23.4. The van der Waals surface area contributed by atoms with Crippen molar-refractivity contribution in [1.29, 1.82) is 0 Å². The lowest BCUT2D eigenvalue weighted by molar-refractivity contribution is 0.102. The summed E-state index contributed by atoms with van der Waals surface area (Å²) in [5.74, 6) is 0.665. The highest BCUT2D eigenvalue weighted by molar-refractivity contribution is 6.34. The molecule has 0 aliphatic carbocycles. The normalized spacial score (nSPS) is 14.3. The van der Waals surface area contributed by atoms with Crippen molar-refractivity contribution in [2.75, 3.05) is 50.6 Å². The van der Waals surface area contributed by atoms with Crippen molar-refractivity contribution >= 4 is 51.6 Å². The van der Waals surface area contributed by atoms with Crippen molar-refractivity contribution in [2.24, 2.45) is 0 Å². The molecule has 2 aromatic heterocycles. The largest absolute Gasteiger partial charge is 0.395 e. The molecular formula is C30H33ClN6O3. The number of β-amino-alcohol motifs (C(OH)–C–C–N with tert-alkyl or cyclic N) is 1. The van der Waals surface area contributed by atoms with Gasteiger partial charge in [0.05, 0.1) is 22.8 Å². The molecule has 0 bridgehead atoms. The molecule has 4 aromatic rings. The quantitative estimate of drug-likeness (QED) is 0.292. The van der Waals surface area contributed by atoms with Crippen LogP contribution in [-0.2, 0) is 0 Å². The number of carbonyl (C=O) groups excluding carboxylic acids is 2. The van der Waals surface area contributed by atoms with E-state index in [1.807, 2.05) is 54.4 Å². The number of aliphatic hydroxyl groups is 1. The van der Waals surface area contributed by atoms with E-state index < -0.39 is 0 Å². The number of likely N-dealkylation sites (tertiary alicyclic amines) is 1. The Morgan fingerprint density at radius 2 is 1.85 bits per heavy atom. The predicted molar refractivity (Wildman–Crippen MR) is 159 cm³/mol. The van der Waals surface area contributed by atoms with Crippen LogP contribution in [0, 0.1) is 0 Å². The number of halogens is 1. The molecule has 1 saturated heterocycles. The number of nitrogens with one attached hydrogen (secondary N) is 2. The molecule has 40 heavy (non-hydrogen) atoms. The number of hydrogen-bond acceptors (Lipinski definition) is 6. The molecule has 1 aliphatic heterocycles. The molecule has 2 amide bonds. The maximum Gasteiger partial charge on any atom is 0.325 e. The van der Waals surface area contributed by atoms with Crippen molar-refractivity contribution in [2.45, 2.75) is 18.8 Å². The van der Waals surface area contributed by atoms with E-state index in [0.29, 0.717) is 27.8 Å². The van der Waals surface area contributed by atoms with Gasteiger partial charge >= 0.3 is 6.03 Å². The standard InChI is InChI=1S/C30H33ClN6O3/c1-32-30(40)37-14-10-23-17-27(25(31)19-26(23)37)35(2)24-7-11-33-28(18-24)34-29(39)22-5-3-20(4-6-22)21-8-12-36(13-9-21)15-16-38/h3-7,10-11,14,17-19,21,38H,8-9,12-13,15-16H2,1-2H3,(H,32,40)(H,33,34,39). The molecule has 0 saturated carbocycles. The summed E-state index contributed by atoms with van der Waals surface area (Å²) in [6.45, 7) is 2.88. The molecule has 9 nitrogen and oxygen atoms in total. The maximum atomic E-state index is 13.0. The minimum absolute atomic E-state index is 0.196. The Bertz CT molecular complexity index is 1510. The molecule has 3 heterocycles. The highest BCUT2D eigenvalue weighted by atomic mass is 35.5. The number of amides is 2. The maximum absolute atomic E-state index is 13.0. The fraction of sp³-hybridized carbons (Fsp3) is 0.300. The Morgan fingerprint density at radius 3 is 2.55 bits per heavy atom. The SMILES string of the molecule is CNC(=O)n1ccc2cc(N(C)c3ccnc(NC(=O)c4ccc(C5CCN(CCO)CC5)cc4)c3)c(Cl)cc21. The minimum Gasteiger partial charge on any atom is -0.395 e. The number of aromatic nitrogens is 2. The van der Waals surface area contributed by atoms with E-state index >= 15 is 0 Å². The van der Waals surface area contributed by atoms with Gasteiger partial charge in [0.1, 0.15) is 5.82 Å². The average molecular weight is 561 g/mol. The zero-order chi connectivity index (χ0) is 28.2. The Morgan fingerprint density at radius 1 is 1.10 bits per heavy atom. The molecule has 10 heteroatoms. The van der Waals surface area contributed by atoms with Crippen LogP contribution in [-0.4, -0.2) is 71.8 Å². The third kappa shape index (κ3) is 5.82. The van der Waals surface area contributed by atoms with Crippen molar-refractivity contribution in [1.82, 2.24) is 19.8 Å². The molecule has 0 radical (unpaired) electrons. The van der Waals surface area contributed by atoms with Crippen LogP contribution in [0.4, 0.5) is 22.0 Å². The van der Waals surface area contributed by atoms with Crippen LogP contribution < -0.4 is 15.5 Å². The molecule has 0 unspecified atom stereocenters. The zero-order valence-electron chi connectivity index (χ0n) is 22.6. The number of piperidine rings is 1. The Balaban J connectivity index is 1.27. The number of benzene rings is 2. The van der Waals surface area contributed by atoms with E-state index in [2.05, 4.69) is 20.5 Å². The lowest BCUT2D eigenvalue weighted by Gasteiger charge is -2.31. The number of aliphatic hydroxyl groups excluding tert-OH is 1. The summed E-state index contributed by atoms with van der Waals surface area (Å²) < 4.78 is 1.51. The second kappa shape index (κ2) is 12.1. The minimum atomic E-state index is -0.240. The summed E-state index contributed by atoms with van der Waals surface area (Å²) in [5, 5.41) is 16.0. The lowest BCUT2D eigenvalue weighted by atomic mass is 9.89. The first-order valence-corrected chi connectivity index (χ1v) is 13.7. The first kappa shape index (κ1) is 27.6. The summed E-state index contributed by atoms with van der Waals surface area (Å²) >= 11 is 6.63. The van der Waals surface area contributed by atoms with Gasteiger partial charge in [0.25, 0.3) is 5.91 Å². The van der Waals surface area contributed by atoms with Gasteiger partial charge < -0.3 is 25.5 Å². The molecule has 208 valence electrons. The molecule has 0 atom stereocenters. The van der Waals surface area contributed by atoms with Gasteiger partial charge in [0.2, 0.25) is 0 Å². The monoisotopic (exact) mass is 560 g/mol. The van der Waals surface area contributed by atoms with Gasteiger partial charge in [-0.25, -0.2) is 9.78 Å². The molecule has 1 aliphatic rings. The summed E-state index contributed by atoms with van der Waals surface area (Å²) in [6, 6.07) is 16.7. The fourth-order valence-electron chi connectivity index (χ4n) is 5.26. The number of rotatable bonds is 7. The number of pyridine rings is 1. The summed E-state index contributed by atoms with van der Waals surface area (Å²) in [6.07, 6.45) is 5.44. The van der Waals surface area contributed by atoms with E-state index in [0.717, 1.165) is 49.2 Å². The Kier molecular flexibility index (Phi) is 8.35. The van der Waals surface area contributed by atoms with Gasteiger partial charge in [-0.2, -0.15) is 0 Å². The van der Waals surface area contributed by atoms with Gasteiger partial charge in [-0.05, 0) is 73.8 Å². The smallest absolute Gasteiger partial charge is 0.325 e. The fourth-order valence-corrected chi connectivity index (χ4v) is 5.55. The van der Waals surface area contributed by atoms with Gasteiger partial charge in [0.15, 0.2) is 0 Å². The number of nitrogens with zero attached hydrogens (tertiary/aromatic N) is 4. The summed E-state index contributed by atoms with van der Waals surface area (Å²) in [5.41, 5.74) is 4.06. The van der Waals surface area contributed by atoms with Gasteiger partial charge in [0, 0.05) is 55.7 Å². The van der Waals surface area contributed by atoms with Gasteiger partial charge in [-0.15, -0.1) is 0 Å². The number of anilines is 3. The highest BCUT2D eigenvalue weighted by Crippen LogP contribution is 2.35. The van der Waals surface area contributed by atoms with Gasteiger partial charge in [-0.1, -0.05) is 23.7 Å². The number of fused-ring (bicyclic) bond motifs is 1. The topological polar surface area (TPSA) is 103 Å². The average Bonchev–Trinajstić information content (AvgIpc) is 3.39. The summed E-state index contributed by atoms with van der Waals surface area (Å²) in [4.78, 5) is 33.7. The number of hydrogen-bond donors (Lipinski definition) is 3. The molecule has 3 N–H and O–H groups in total. The third-order valence-electron chi connectivity index (χ3n) is 7.57. The van der Waals surface area contributed by atoms with Crippen LogP contribution in [0.15, 0.2) is 67.0 Å². The molecule has 0 spiro atoms. The first-order valence-electron chi connectivity index (χ1n) is 13.3. The lowest BCUT2D eigenvalue weighted by Crippen LogP contribution is -2.34. The van der Waals surface area contributed by atoms with E-state index in [9.17, 15) is 9.59 Å². The van der Waals surface area contributed by atoms with E-state index in [1.165, 1.54) is 10.1 Å². The first-order chi connectivity index (χ1) is 19.4. The molecule has 5 rings (SSSR count). The van der Waals surface area contributed by atoms with Crippen molar-refractivity contribution in [3.8, 4) is 0 Å². The van der Waals surface area contributed by atoms with Crippen LogP contribution >= 0.6 is 11.6 Å². The second-order valence-electron chi connectivity index (χ2n) is 9.98. The molecule has 2 aromatic carbocycles. The van der Waals surface area contributed by atoms with E-state index in [1.54, 1.807) is 31.6 Å². The van der Waals surface area contributed by atoms with Gasteiger partial charge in [-0.3, -0.25) is 9.36 Å². The van der Waals surface area contributed by atoms with Crippen LogP contribution in [0.25, 0.3) is 10.9 Å². The highest BCUT2D eigenvalue weighted by Gasteiger charge is 2.21. The summed E-state index contributed by atoms with van der Waals surface area (Å²) in [7, 11) is 3.47. The Hall–Kier alpha value is -3.92. The van der Waals surface area contributed by atoms with Crippen LogP contribution in [0.3, 0.4) is 0 Å². The molecule has 1 fully saturated rings. The predicted octanol–water partition coefficient (Wildman–Crippen LogP) is 5.07. The van der Waals surface area contributed by atoms with Crippen LogP contribution in [0.5, 0.6) is 0 Å². The van der Waals surface area contributed by atoms with Crippen molar-refractivity contribution < 1.29 is 14.7 Å².